The summed E-state index contributed by atoms with van der Waals surface area (Å²) in [5.41, 5.74) is 3.77. The van der Waals surface area contributed by atoms with Crippen LogP contribution >= 0.6 is 0 Å². The normalized spacial score (nSPS) is 17.4. The molecule has 4 aromatic rings. The highest BCUT2D eigenvalue weighted by Crippen LogP contribution is 2.41. The number of benzene rings is 1. The first-order valence-electron chi connectivity index (χ1n) is 10.9. The number of carbonyl (C=O) groups is 1. The monoisotopic (exact) mass is 426 g/mol. The molecule has 5 heterocycles. The molecule has 0 radical (unpaired) electrons. The number of nitrogens with zero attached hydrogens (tertiary/aromatic N) is 6. The van der Waals surface area contributed by atoms with Gasteiger partial charge in [0, 0.05) is 31.0 Å². The first-order chi connectivity index (χ1) is 15.7. The second-order valence-corrected chi connectivity index (χ2v) is 8.26. The summed E-state index contributed by atoms with van der Waals surface area (Å²) in [6, 6.07) is 13.6. The minimum absolute atomic E-state index is 0.0604. The molecule has 6 rings (SSSR count). The predicted octanol–water partition coefficient (Wildman–Crippen LogP) is 2.89. The largest absolute Gasteiger partial charge is 0.368 e. The second-order valence-electron chi connectivity index (χ2n) is 8.26. The van der Waals surface area contributed by atoms with E-state index in [1.54, 1.807) is 16.9 Å². The van der Waals surface area contributed by atoms with E-state index in [-0.39, 0.29) is 5.91 Å². The molecule has 1 aromatic carbocycles. The zero-order valence-corrected chi connectivity index (χ0v) is 17.5. The van der Waals surface area contributed by atoms with Crippen molar-refractivity contribution in [2.24, 2.45) is 0 Å². The van der Waals surface area contributed by atoms with Crippen molar-refractivity contribution in [1.82, 2.24) is 29.5 Å². The van der Waals surface area contributed by atoms with Crippen molar-refractivity contribution in [3.05, 3.63) is 78.0 Å². The fourth-order valence-electron chi connectivity index (χ4n) is 4.72. The van der Waals surface area contributed by atoms with Crippen LogP contribution in [0.25, 0.3) is 17.0 Å². The van der Waals surface area contributed by atoms with Gasteiger partial charge in [0.1, 0.15) is 5.60 Å². The summed E-state index contributed by atoms with van der Waals surface area (Å²) in [5.74, 6) is 0.652. The van der Waals surface area contributed by atoms with E-state index in [1.807, 2.05) is 53.6 Å². The van der Waals surface area contributed by atoms with E-state index in [1.165, 1.54) is 0 Å². The number of carbonyl (C=O) groups excluding carboxylic acids is 1. The van der Waals surface area contributed by atoms with Crippen molar-refractivity contribution in [3.8, 4) is 11.4 Å². The Bertz CT molecular complexity index is 1290. The minimum Gasteiger partial charge on any atom is -0.368 e. The topological polar surface area (TPSA) is 85.5 Å². The van der Waals surface area contributed by atoms with Crippen molar-refractivity contribution in [3.63, 3.8) is 0 Å². The van der Waals surface area contributed by atoms with Crippen molar-refractivity contribution < 1.29 is 9.53 Å². The lowest BCUT2D eigenvalue weighted by atomic mass is 9.83. The molecule has 8 nitrogen and oxygen atoms in total. The molecule has 0 bridgehead atoms. The summed E-state index contributed by atoms with van der Waals surface area (Å²) in [4.78, 5) is 28.9. The molecule has 8 heteroatoms. The Morgan fingerprint density at radius 1 is 1.00 bits per heavy atom. The van der Waals surface area contributed by atoms with Gasteiger partial charge >= 0.3 is 0 Å². The number of imidazole rings is 1. The maximum atomic E-state index is 13.2. The van der Waals surface area contributed by atoms with Crippen molar-refractivity contribution >= 4 is 11.6 Å². The number of ether oxygens (including phenoxy) is 1. The molecule has 1 amide bonds. The number of piperidine rings is 1. The van der Waals surface area contributed by atoms with Crippen molar-refractivity contribution in [2.75, 3.05) is 19.7 Å². The maximum absolute atomic E-state index is 13.2. The van der Waals surface area contributed by atoms with E-state index in [0.717, 1.165) is 23.2 Å². The predicted molar refractivity (Wildman–Crippen MR) is 117 cm³/mol. The van der Waals surface area contributed by atoms with Crippen LogP contribution in [-0.4, -0.2) is 55.1 Å². The van der Waals surface area contributed by atoms with Gasteiger partial charge in [-0.25, -0.2) is 19.5 Å². The number of rotatable bonds is 2. The summed E-state index contributed by atoms with van der Waals surface area (Å²) < 4.78 is 7.95. The molecule has 1 spiro atoms. The molecule has 0 N–H and O–H groups in total. The van der Waals surface area contributed by atoms with Crippen LogP contribution in [0, 0.1) is 0 Å². The number of hydrogen-bond acceptors (Lipinski definition) is 6. The Labute approximate surface area is 184 Å². The number of likely N-dealkylation sites (tertiary alicyclic amines) is 1. The quantitative estimate of drug-likeness (QED) is 0.490. The van der Waals surface area contributed by atoms with Crippen LogP contribution in [0.15, 0.2) is 61.1 Å². The van der Waals surface area contributed by atoms with E-state index in [0.29, 0.717) is 49.7 Å². The minimum atomic E-state index is -0.478. The molecule has 160 valence electrons. The number of fused-ring (bicyclic) bond motifs is 3. The number of amides is 1. The van der Waals surface area contributed by atoms with Gasteiger partial charge in [-0.3, -0.25) is 4.79 Å². The van der Waals surface area contributed by atoms with Crippen molar-refractivity contribution in [2.45, 2.75) is 24.9 Å². The smallest absolute Gasteiger partial charge is 0.274 e. The standard InChI is InChI=1S/C24H22N6O2/c31-23(19-16-25-20-7-4-11-27-30(19)20)29-12-9-24(10-13-29)21-18(8-14-32-24)15-26-22(28-21)17-5-2-1-3-6-17/h1-7,11,15-16H,8-10,12-14H2. The Hall–Kier alpha value is -3.65. The average molecular weight is 426 g/mol. The molecule has 32 heavy (non-hydrogen) atoms. The van der Waals surface area contributed by atoms with E-state index >= 15 is 0 Å². The Morgan fingerprint density at radius 2 is 1.84 bits per heavy atom. The molecule has 2 aliphatic rings. The summed E-state index contributed by atoms with van der Waals surface area (Å²) in [5, 5.41) is 4.27. The highest BCUT2D eigenvalue weighted by molar-refractivity contribution is 5.93. The fraction of sp³-hybridized carbons (Fsp3) is 0.292. The summed E-state index contributed by atoms with van der Waals surface area (Å²) >= 11 is 0. The number of aromatic nitrogens is 5. The van der Waals surface area contributed by atoms with Crippen LogP contribution in [0.4, 0.5) is 0 Å². The lowest BCUT2D eigenvalue weighted by Crippen LogP contribution is -2.49. The fourth-order valence-corrected chi connectivity index (χ4v) is 4.72. The Balaban J connectivity index is 1.27. The van der Waals surface area contributed by atoms with Gasteiger partial charge in [0.05, 0.1) is 18.5 Å². The van der Waals surface area contributed by atoms with Crippen LogP contribution in [0.2, 0.25) is 0 Å². The SMILES string of the molecule is O=C(c1cnc2cccnn12)N1CCC2(CC1)OCCc1cnc(-c3ccccc3)nc12. The number of hydrogen-bond donors (Lipinski definition) is 0. The first-order valence-corrected chi connectivity index (χ1v) is 10.9. The van der Waals surface area contributed by atoms with Gasteiger partial charge in [-0.15, -0.1) is 0 Å². The van der Waals surface area contributed by atoms with Gasteiger partial charge in [-0.2, -0.15) is 5.10 Å². The molecule has 0 saturated carbocycles. The van der Waals surface area contributed by atoms with Crippen LogP contribution in [0.3, 0.4) is 0 Å². The highest BCUT2D eigenvalue weighted by Gasteiger charge is 2.43. The van der Waals surface area contributed by atoms with Gasteiger partial charge in [-0.1, -0.05) is 30.3 Å². The van der Waals surface area contributed by atoms with E-state index in [2.05, 4.69) is 15.1 Å². The second kappa shape index (κ2) is 7.49. The van der Waals surface area contributed by atoms with E-state index in [9.17, 15) is 4.79 Å². The summed E-state index contributed by atoms with van der Waals surface area (Å²) in [6.45, 7) is 1.82. The maximum Gasteiger partial charge on any atom is 0.274 e. The molecule has 0 aliphatic carbocycles. The third-order valence-corrected chi connectivity index (χ3v) is 6.43. The van der Waals surface area contributed by atoms with Gasteiger partial charge in [-0.05, 0) is 37.0 Å². The molecular formula is C24H22N6O2. The van der Waals surface area contributed by atoms with Crippen LogP contribution < -0.4 is 0 Å². The molecule has 2 aliphatic heterocycles. The molecular weight excluding hydrogens is 404 g/mol. The van der Waals surface area contributed by atoms with Gasteiger partial charge in [0.25, 0.3) is 5.91 Å². The summed E-state index contributed by atoms with van der Waals surface area (Å²) in [7, 11) is 0. The van der Waals surface area contributed by atoms with Gasteiger partial charge < -0.3 is 9.64 Å². The Kier molecular flexibility index (Phi) is 4.46. The van der Waals surface area contributed by atoms with Crippen LogP contribution in [-0.2, 0) is 16.8 Å². The first kappa shape index (κ1) is 19.1. The van der Waals surface area contributed by atoms with Crippen LogP contribution in [0.1, 0.15) is 34.6 Å². The third-order valence-electron chi connectivity index (χ3n) is 6.43. The molecule has 1 fully saturated rings. The molecule has 1 saturated heterocycles. The van der Waals surface area contributed by atoms with Gasteiger partial charge in [0.2, 0.25) is 0 Å². The lowest BCUT2D eigenvalue weighted by molar-refractivity contribution is -0.0967. The zero-order chi connectivity index (χ0) is 21.5. The summed E-state index contributed by atoms with van der Waals surface area (Å²) in [6.07, 6.45) is 7.40. The van der Waals surface area contributed by atoms with E-state index < -0.39 is 5.60 Å². The van der Waals surface area contributed by atoms with Gasteiger partial charge in [0.15, 0.2) is 17.2 Å². The average Bonchev–Trinajstić information content (AvgIpc) is 3.29. The van der Waals surface area contributed by atoms with Crippen molar-refractivity contribution in [1.29, 1.82) is 0 Å². The molecule has 0 unspecified atom stereocenters. The Morgan fingerprint density at radius 3 is 2.69 bits per heavy atom. The lowest BCUT2D eigenvalue weighted by Gasteiger charge is -2.44. The zero-order valence-electron chi connectivity index (χ0n) is 17.5. The third kappa shape index (κ3) is 3.06. The molecule has 3 aromatic heterocycles. The molecule has 0 atom stereocenters. The van der Waals surface area contributed by atoms with E-state index in [4.69, 9.17) is 9.72 Å². The van der Waals surface area contributed by atoms with Crippen LogP contribution in [0.5, 0.6) is 0 Å². The highest BCUT2D eigenvalue weighted by atomic mass is 16.5.